The van der Waals surface area contributed by atoms with E-state index in [-0.39, 0.29) is 60.4 Å². The van der Waals surface area contributed by atoms with Gasteiger partial charge in [-0.3, -0.25) is 31.3 Å². The zero-order valence-corrected chi connectivity index (χ0v) is 46.6. The van der Waals surface area contributed by atoms with Crippen molar-refractivity contribution in [1.82, 2.24) is 40.6 Å². The number of aldehydes is 1. The van der Waals surface area contributed by atoms with Gasteiger partial charge in [-0.1, -0.05) is 37.3 Å². The first-order valence-electron chi connectivity index (χ1n) is 25.3. The number of hydrogen-bond donors (Lipinski definition) is 5. The van der Waals surface area contributed by atoms with Gasteiger partial charge in [0.25, 0.3) is 0 Å². The zero-order valence-electron chi connectivity index (χ0n) is 44.6. The molecule has 2 fully saturated rings. The van der Waals surface area contributed by atoms with Gasteiger partial charge in [0.15, 0.2) is 11.6 Å². The number of rotatable bonds is 22. The van der Waals surface area contributed by atoms with Crippen molar-refractivity contribution in [3.63, 3.8) is 0 Å². The van der Waals surface area contributed by atoms with Crippen molar-refractivity contribution in [3.05, 3.63) is 113 Å². The van der Waals surface area contributed by atoms with E-state index in [1.807, 2.05) is 44.2 Å². The number of benzene rings is 1. The summed E-state index contributed by atoms with van der Waals surface area (Å²) in [4.78, 5) is 63.0. The molecule has 2 saturated heterocycles. The number of aryl methyl sites for hydroxylation is 2. The van der Waals surface area contributed by atoms with Crippen LogP contribution in [0.5, 0.6) is 0 Å². The Labute approximate surface area is 460 Å². The molecule has 19 heteroatoms. The van der Waals surface area contributed by atoms with Gasteiger partial charge in [-0.25, -0.2) is 4.98 Å². The molecule has 4 heterocycles. The number of nitrogens with zero attached hydrogens (tertiary/aromatic N) is 5. The van der Waals surface area contributed by atoms with E-state index in [0.717, 1.165) is 142 Å². The maximum atomic E-state index is 12.0. The van der Waals surface area contributed by atoms with Crippen molar-refractivity contribution >= 4 is 31.8 Å². The molecule has 400 valence electrons. The van der Waals surface area contributed by atoms with Crippen LogP contribution in [0, 0.1) is 25.7 Å². The number of nitrogens with one attached hydrogen (secondary N) is 3. The summed E-state index contributed by atoms with van der Waals surface area (Å²) in [6.45, 7) is 15.2. The first-order valence-corrected chi connectivity index (χ1v) is 25.3. The number of allylic oxidation sites excluding steroid dienone is 8. The van der Waals surface area contributed by atoms with Crippen LogP contribution in [-0.2, 0) is 50.3 Å². The smallest absolute Gasteiger partial charge is 0.545 e. The van der Waals surface area contributed by atoms with Crippen LogP contribution >= 0.6 is 0 Å². The Morgan fingerprint density at radius 3 is 2.36 bits per heavy atom. The van der Waals surface area contributed by atoms with Crippen molar-refractivity contribution in [1.29, 1.82) is 0 Å². The first-order chi connectivity index (χ1) is 35.5. The molecule has 2 aliphatic heterocycles. The second-order valence-corrected chi connectivity index (χ2v) is 18.4. The molecule has 2 aromatic heterocycles. The van der Waals surface area contributed by atoms with Gasteiger partial charge < -0.3 is 55.1 Å². The van der Waals surface area contributed by atoms with E-state index in [0.29, 0.717) is 37.8 Å². The number of nitrogens with two attached hydrogens (primary N) is 1. The third-order valence-electron chi connectivity index (χ3n) is 12.9. The van der Waals surface area contributed by atoms with E-state index in [1.165, 1.54) is 24.1 Å². The van der Waals surface area contributed by atoms with Crippen LogP contribution < -0.4 is 45.9 Å². The fraction of sp³-hybridized carbons (Fsp3) is 0.527. The molecular weight excluding hydrogens is 954 g/mol. The Morgan fingerprint density at radius 2 is 1.72 bits per heavy atom. The van der Waals surface area contributed by atoms with Crippen LogP contribution in [0.25, 0.3) is 11.4 Å². The molecule has 2 aliphatic carbocycles. The molecular formula is C55H80N9NaO9. The molecule has 74 heavy (non-hydrogen) atoms. The van der Waals surface area contributed by atoms with Crippen molar-refractivity contribution in [3.8, 4) is 11.4 Å². The van der Waals surface area contributed by atoms with Crippen molar-refractivity contribution in [2.24, 2.45) is 17.6 Å². The minimum absolute atomic E-state index is 0. The van der Waals surface area contributed by atoms with E-state index in [2.05, 4.69) is 87.6 Å². The molecule has 4 aliphatic rings. The van der Waals surface area contributed by atoms with Crippen molar-refractivity contribution in [2.75, 3.05) is 60.2 Å². The number of aliphatic hydroxyl groups excluding tert-OH is 1. The largest absolute Gasteiger partial charge is 1.00 e. The Bertz CT molecular complexity index is 2190. The third kappa shape index (κ3) is 22.1. The quantitative estimate of drug-likeness (QED) is 0.0420. The van der Waals surface area contributed by atoms with E-state index in [1.54, 1.807) is 12.4 Å². The second-order valence-electron chi connectivity index (χ2n) is 18.4. The summed E-state index contributed by atoms with van der Waals surface area (Å²) in [5, 5.41) is 22.7. The standard InChI is InChI=1S/C20H26N6.C17H28O4.C16H22N2O3.CH3NO.CHO.Na/c1-15-4-3-5-17(14-15)23-20(8-12-26(2)13-9-20)19-22-18(24-25-19)16-6-10-21-11-7-16;18-9-5-11-19-10-2-1-3-12-20-16-7-8-17-15(14-16)6-4-13-21-17;1-12-6-4-7-13(2)14(12)10-18(11-20)15(8-5-9-19)16(21)17-3;2-1-3;1-2;/h3-7,10-11,15,23H,8-9,12-14H2,1-2H3,(H,22,24,25);7-8,15,18H,1-6,9-14H2;4,6-7,9,11,15H,5,8,10H2,1-3H3,(H,17,21);1H,(H2,2,3);1H;/q;;;;-1;+1. The molecule has 0 radical (unpaired) electrons. The van der Waals surface area contributed by atoms with Gasteiger partial charge in [0.05, 0.1) is 30.3 Å². The normalized spacial score (nSPS) is 17.5. The minimum atomic E-state index is -0.628. The molecule has 18 nitrogen and oxygen atoms in total. The summed E-state index contributed by atoms with van der Waals surface area (Å²) in [5.41, 5.74) is 9.43. The summed E-state index contributed by atoms with van der Waals surface area (Å²) < 4.78 is 16.9. The van der Waals surface area contributed by atoms with Gasteiger partial charge >= 0.3 is 29.6 Å². The number of aromatic nitrogens is 4. The number of ether oxygens (including phenoxy) is 3. The van der Waals surface area contributed by atoms with Crippen LogP contribution in [0.1, 0.15) is 106 Å². The number of likely N-dealkylation sites (tertiary alicyclic amines) is 1. The maximum Gasteiger partial charge on any atom is 1.00 e. The number of H-pyrrole nitrogens is 1. The van der Waals surface area contributed by atoms with Crippen LogP contribution in [0.4, 0.5) is 0 Å². The summed E-state index contributed by atoms with van der Waals surface area (Å²) >= 11 is 0. The molecule has 3 unspecified atom stereocenters. The van der Waals surface area contributed by atoms with Gasteiger partial charge in [0.1, 0.15) is 12.3 Å². The average Bonchev–Trinajstić information content (AvgIpc) is 3.92. The van der Waals surface area contributed by atoms with Gasteiger partial charge in [-0.15, -0.1) is 0 Å². The van der Waals surface area contributed by atoms with Crippen LogP contribution in [0.3, 0.4) is 0 Å². The SMILES string of the molecule is CC1C=CC=C(NC2(c3nc(-c4ccncc4)n[nH]3)CCN(C)CC2)C1.CNC(=O)C(CCC=O)N(C=O)Cc1c(C)cccc1C.NC=O.OCCCOCCCCCOC1=CC=C2OCCCC2C1.[CH-]=O.[Na+]. The Kier molecular flexibility index (Phi) is 32.5. The van der Waals surface area contributed by atoms with Crippen molar-refractivity contribution < 1.29 is 72.8 Å². The molecule has 7 rings (SSSR count). The number of unbranched alkanes of at least 4 members (excludes halogenated alkanes) is 2. The van der Waals surface area contributed by atoms with E-state index in [4.69, 9.17) is 33.9 Å². The maximum absolute atomic E-state index is 12.0. The van der Waals surface area contributed by atoms with Gasteiger partial charge in [0.2, 0.25) is 18.7 Å². The fourth-order valence-electron chi connectivity index (χ4n) is 8.83. The van der Waals surface area contributed by atoms with Crippen LogP contribution in [0.15, 0.2) is 90.3 Å². The summed E-state index contributed by atoms with van der Waals surface area (Å²) in [6.07, 6.45) is 27.0. The van der Waals surface area contributed by atoms with Crippen molar-refractivity contribution in [2.45, 2.75) is 116 Å². The Hall–Kier alpha value is -5.50. The number of carbonyl (C=O) groups is 4. The summed E-state index contributed by atoms with van der Waals surface area (Å²) in [7, 11) is 3.70. The number of likely N-dealkylation sites (N-methyl/N-ethyl adjacent to an activating group) is 1. The number of carbonyl (C=O) groups excluding carboxylic acids is 5. The minimum Gasteiger partial charge on any atom is -0.545 e. The number of fused-ring (bicyclic) bond motifs is 1. The molecule has 0 saturated carbocycles. The first kappa shape index (κ1) is 64.6. The van der Waals surface area contributed by atoms with Gasteiger partial charge in [-0.05, 0) is 138 Å². The van der Waals surface area contributed by atoms with E-state index in [9.17, 15) is 14.4 Å². The topological polar surface area (TPSA) is 244 Å². The number of amides is 3. The number of hydrogen-bond acceptors (Lipinski definition) is 14. The number of aliphatic hydroxyl groups is 1. The molecule has 3 aromatic rings. The predicted octanol–water partition coefficient (Wildman–Crippen LogP) is 3.21. The van der Waals surface area contributed by atoms with E-state index < -0.39 is 6.04 Å². The Morgan fingerprint density at radius 1 is 1.03 bits per heavy atom. The molecule has 1 aromatic carbocycles. The average molecular weight is 1030 g/mol. The Balaban J connectivity index is 0.000000364. The predicted molar refractivity (Wildman–Crippen MR) is 282 cm³/mol. The molecule has 3 atom stereocenters. The van der Waals surface area contributed by atoms with E-state index >= 15 is 0 Å². The number of primary amides is 1. The summed E-state index contributed by atoms with van der Waals surface area (Å²) in [5.74, 6) is 4.76. The molecule has 6 N–H and O–H groups in total. The molecule has 3 amide bonds. The number of pyridine rings is 1. The van der Waals surface area contributed by atoms with Crippen LogP contribution in [-0.4, -0.2) is 133 Å². The monoisotopic (exact) mass is 1030 g/mol. The van der Waals surface area contributed by atoms with Crippen LogP contribution in [0.2, 0.25) is 0 Å². The zero-order chi connectivity index (χ0) is 53.3. The number of aromatic amines is 1. The number of piperidine rings is 1. The molecule has 0 spiro atoms. The molecule has 0 bridgehead atoms. The third-order valence-corrected chi connectivity index (χ3v) is 12.9. The summed E-state index contributed by atoms with van der Waals surface area (Å²) in [6, 6.07) is 9.17. The fourth-order valence-corrected chi connectivity index (χ4v) is 8.83. The van der Waals surface area contributed by atoms with Gasteiger partial charge in [-0.2, -0.15) is 5.10 Å². The van der Waals surface area contributed by atoms with Gasteiger partial charge in [0, 0.05) is 88.9 Å². The second kappa shape index (κ2) is 37.3.